The molecule has 3 nitrogen and oxygen atoms in total. The Kier molecular flexibility index (Phi) is 4.07. The molecule has 2 aliphatic rings. The Morgan fingerprint density at radius 1 is 1.22 bits per heavy atom. The van der Waals surface area contributed by atoms with Crippen molar-refractivity contribution in [3.63, 3.8) is 0 Å². The van der Waals surface area contributed by atoms with Crippen LogP contribution in [0.3, 0.4) is 0 Å². The Morgan fingerprint density at radius 3 is 2.56 bits per heavy atom. The van der Waals surface area contributed by atoms with Gasteiger partial charge in [-0.25, -0.2) is 0 Å². The maximum absolute atomic E-state index is 5.87. The fourth-order valence-electron chi connectivity index (χ4n) is 3.43. The molecule has 3 rings (SSSR count). The molecule has 0 radical (unpaired) electrons. The molecule has 1 aromatic heterocycles. The monoisotopic (exact) mass is 312 g/mol. The van der Waals surface area contributed by atoms with Crippen LogP contribution in [0.2, 0.25) is 0 Å². The molecule has 0 spiro atoms. The second kappa shape index (κ2) is 5.76. The SMILES string of the molecule is Brc1ccc([C@H](C2CCCC2)N2CCNCC2)o1. The van der Waals surface area contributed by atoms with Gasteiger partial charge in [0.2, 0.25) is 0 Å². The molecule has 1 atom stereocenters. The van der Waals surface area contributed by atoms with Crippen molar-refractivity contribution in [2.45, 2.75) is 31.7 Å². The van der Waals surface area contributed by atoms with Gasteiger partial charge in [-0.1, -0.05) is 12.8 Å². The van der Waals surface area contributed by atoms with Crippen molar-refractivity contribution in [2.75, 3.05) is 26.2 Å². The predicted octanol–water partition coefficient (Wildman–Crippen LogP) is 3.18. The van der Waals surface area contributed by atoms with Gasteiger partial charge in [-0.2, -0.15) is 0 Å². The third-order valence-electron chi connectivity index (χ3n) is 4.28. The van der Waals surface area contributed by atoms with E-state index >= 15 is 0 Å². The fraction of sp³-hybridized carbons (Fsp3) is 0.714. The van der Waals surface area contributed by atoms with Crippen LogP contribution in [0, 0.1) is 5.92 Å². The second-order valence-electron chi connectivity index (χ2n) is 5.42. The number of piperazine rings is 1. The summed E-state index contributed by atoms with van der Waals surface area (Å²) in [5.41, 5.74) is 0. The molecule has 2 fully saturated rings. The summed E-state index contributed by atoms with van der Waals surface area (Å²) in [7, 11) is 0. The van der Waals surface area contributed by atoms with Gasteiger partial charge in [0, 0.05) is 26.2 Å². The average Bonchev–Trinajstić information content (AvgIpc) is 3.04. The van der Waals surface area contributed by atoms with Crippen LogP contribution in [0.15, 0.2) is 21.2 Å². The van der Waals surface area contributed by atoms with Gasteiger partial charge < -0.3 is 9.73 Å². The number of nitrogens with one attached hydrogen (secondary N) is 1. The fourth-order valence-corrected chi connectivity index (χ4v) is 3.75. The molecule has 1 aliphatic carbocycles. The highest BCUT2D eigenvalue weighted by atomic mass is 79.9. The smallest absolute Gasteiger partial charge is 0.169 e. The third-order valence-corrected chi connectivity index (χ3v) is 4.70. The van der Waals surface area contributed by atoms with Crippen molar-refractivity contribution < 1.29 is 4.42 Å². The van der Waals surface area contributed by atoms with E-state index in [-0.39, 0.29) is 0 Å². The largest absolute Gasteiger partial charge is 0.453 e. The van der Waals surface area contributed by atoms with Crippen molar-refractivity contribution in [1.82, 2.24) is 10.2 Å². The van der Waals surface area contributed by atoms with Gasteiger partial charge in [0.1, 0.15) is 5.76 Å². The van der Waals surface area contributed by atoms with Gasteiger partial charge in [-0.05, 0) is 46.8 Å². The molecule has 1 saturated carbocycles. The highest BCUT2D eigenvalue weighted by molar-refractivity contribution is 9.10. The van der Waals surface area contributed by atoms with E-state index in [1.54, 1.807) is 0 Å². The average molecular weight is 313 g/mol. The molecule has 4 heteroatoms. The lowest BCUT2D eigenvalue weighted by atomic mass is 9.94. The number of furan rings is 1. The summed E-state index contributed by atoms with van der Waals surface area (Å²) in [6, 6.07) is 4.66. The molecule has 1 aliphatic heterocycles. The zero-order chi connectivity index (χ0) is 12.4. The standard InChI is InChI=1S/C14H21BrN2O/c15-13-6-5-12(18-13)14(11-3-1-2-4-11)17-9-7-16-8-10-17/h5-6,11,14,16H,1-4,7-10H2/t14-/m0/s1. The highest BCUT2D eigenvalue weighted by Crippen LogP contribution is 2.40. The van der Waals surface area contributed by atoms with Crippen molar-refractivity contribution >= 4 is 15.9 Å². The zero-order valence-electron chi connectivity index (χ0n) is 10.7. The van der Waals surface area contributed by atoms with E-state index in [4.69, 9.17) is 4.42 Å². The number of hydrogen-bond donors (Lipinski definition) is 1. The van der Waals surface area contributed by atoms with Crippen LogP contribution >= 0.6 is 15.9 Å². The van der Waals surface area contributed by atoms with Crippen molar-refractivity contribution in [3.05, 3.63) is 22.6 Å². The van der Waals surface area contributed by atoms with Crippen molar-refractivity contribution in [2.24, 2.45) is 5.92 Å². The normalized spacial score (nSPS) is 24.5. The number of hydrogen-bond acceptors (Lipinski definition) is 3. The summed E-state index contributed by atoms with van der Waals surface area (Å²) in [4.78, 5) is 2.61. The molecular formula is C14H21BrN2O. The van der Waals surface area contributed by atoms with Crippen LogP contribution in [0.1, 0.15) is 37.5 Å². The maximum atomic E-state index is 5.87. The summed E-state index contributed by atoms with van der Waals surface area (Å²) in [5, 5.41) is 3.44. The van der Waals surface area contributed by atoms with E-state index in [1.165, 1.54) is 25.7 Å². The van der Waals surface area contributed by atoms with E-state index in [0.717, 1.165) is 42.5 Å². The Bertz CT molecular complexity index is 381. The molecule has 1 saturated heterocycles. The first-order valence-electron chi connectivity index (χ1n) is 7.04. The first kappa shape index (κ1) is 12.7. The number of nitrogens with zero attached hydrogens (tertiary/aromatic N) is 1. The molecule has 100 valence electrons. The van der Waals surface area contributed by atoms with Crippen LogP contribution in [-0.2, 0) is 0 Å². The van der Waals surface area contributed by atoms with Crippen molar-refractivity contribution in [3.8, 4) is 0 Å². The molecule has 2 heterocycles. The first-order valence-corrected chi connectivity index (χ1v) is 7.84. The molecule has 18 heavy (non-hydrogen) atoms. The van der Waals surface area contributed by atoms with E-state index in [2.05, 4.69) is 32.2 Å². The van der Waals surface area contributed by atoms with Gasteiger partial charge in [0.05, 0.1) is 6.04 Å². The summed E-state index contributed by atoms with van der Waals surface area (Å²) >= 11 is 3.44. The Balaban J connectivity index is 1.82. The van der Waals surface area contributed by atoms with Crippen LogP contribution in [0.25, 0.3) is 0 Å². The minimum absolute atomic E-state index is 0.487. The Labute approximate surface area is 117 Å². The lowest BCUT2D eigenvalue weighted by Gasteiger charge is -2.37. The second-order valence-corrected chi connectivity index (χ2v) is 6.20. The van der Waals surface area contributed by atoms with E-state index < -0.39 is 0 Å². The van der Waals surface area contributed by atoms with Gasteiger partial charge in [-0.15, -0.1) is 0 Å². The maximum Gasteiger partial charge on any atom is 0.169 e. The van der Waals surface area contributed by atoms with Gasteiger partial charge >= 0.3 is 0 Å². The Hall–Kier alpha value is -0.320. The van der Waals surface area contributed by atoms with Gasteiger partial charge in [0.25, 0.3) is 0 Å². The van der Waals surface area contributed by atoms with Crippen molar-refractivity contribution in [1.29, 1.82) is 0 Å². The number of halogens is 1. The van der Waals surface area contributed by atoms with E-state index in [1.807, 2.05) is 6.07 Å². The van der Waals surface area contributed by atoms with Crippen LogP contribution in [0.5, 0.6) is 0 Å². The Morgan fingerprint density at radius 2 is 1.94 bits per heavy atom. The first-order chi connectivity index (χ1) is 8.84. The molecule has 0 aromatic carbocycles. The lowest BCUT2D eigenvalue weighted by molar-refractivity contribution is 0.107. The minimum atomic E-state index is 0.487. The molecular weight excluding hydrogens is 292 g/mol. The summed E-state index contributed by atoms with van der Waals surface area (Å²) < 4.78 is 6.72. The third kappa shape index (κ3) is 2.65. The molecule has 0 unspecified atom stereocenters. The van der Waals surface area contributed by atoms with Gasteiger partial charge in [0.15, 0.2) is 4.67 Å². The molecule has 1 N–H and O–H groups in total. The zero-order valence-corrected chi connectivity index (χ0v) is 12.3. The summed E-state index contributed by atoms with van der Waals surface area (Å²) in [6.45, 7) is 4.48. The van der Waals surface area contributed by atoms with Gasteiger partial charge in [-0.3, -0.25) is 4.90 Å². The number of rotatable bonds is 3. The topological polar surface area (TPSA) is 28.4 Å². The van der Waals surface area contributed by atoms with Crippen LogP contribution in [-0.4, -0.2) is 31.1 Å². The molecule has 0 amide bonds. The van der Waals surface area contributed by atoms with Crippen LogP contribution in [0.4, 0.5) is 0 Å². The quantitative estimate of drug-likeness (QED) is 0.929. The predicted molar refractivity (Wildman–Crippen MR) is 75.5 cm³/mol. The summed E-state index contributed by atoms with van der Waals surface area (Å²) in [5.74, 6) is 1.93. The lowest BCUT2D eigenvalue weighted by Crippen LogP contribution is -2.46. The van der Waals surface area contributed by atoms with E-state index in [0.29, 0.717) is 6.04 Å². The van der Waals surface area contributed by atoms with Crippen LogP contribution < -0.4 is 5.32 Å². The minimum Gasteiger partial charge on any atom is -0.453 e. The molecule has 1 aromatic rings. The molecule has 0 bridgehead atoms. The summed E-state index contributed by atoms with van der Waals surface area (Å²) in [6.07, 6.45) is 5.48. The van der Waals surface area contributed by atoms with E-state index in [9.17, 15) is 0 Å². The highest BCUT2D eigenvalue weighted by Gasteiger charge is 2.33.